The first-order chi connectivity index (χ1) is 11.0. The summed E-state index contributed by atoms with van der Waals surface area (Å²) in [4.78, 5) is 25.6. The first-order valence-electron chi connectivity index (χ1n) is 7.64. The molecule has 1 N–H and O–H groups in total. The lowest BCUT2D eigenvalue weighted by molar-refractivity contribution is -0.125. The molecule has 1 fully saturated rings. The maximum atomic E-state index is 12.3. The lowest BCUT2D eigenvalue weighted by Gasteiger charge is -2.22. The van der Waals surface area contributed by atoms with Crippen LogP contribution in [0.15, 0.2) is 18.2 Å². The molecular weight excluding hydrogens is 300 g/mol. The van der Waals surface area contributed by atoms with Gasteiger partial charge in [-0.1, -0.05) is 19.9 Å². The molecule has 124 valence electrons. The molecule has 0 spiro atoms. The van der Waals surface area contributed by atoms with Gasteiger partial charge in [-0.05, 0) is 23.6 Å². The number of ether oxygens (including phenoxy) is 3. The van der Waals surface area contributed by atoms with Crippen LogP contribution in [0.4, 0.5) is 4.79 Å². The first kappa shape index (κ1) is 15.5. The fourth-order valence-corrected chi connectivity index (χ4v) is 2.62. The maximum absolute atomic E-state index is 12.3. The molecule has 0 bridgehead atoms. The van der Waals surface area contributed by atoms with Crippen molar-refractivity contribution in [1.82, 2.24) is 10.2 Å². The lowest BCUT2D eigenvalue weighted by atomic mass is 10.1. The minimum Gasteiger partial charge on any atom is -0.454 e. The van der Waals surface area contributed by atoms with Crippen LogP contribution in [-0.2, 0) is 16.1 Å². The van der Waals surface area contributed by atoms with Gasteiger partial charge in [0.25, 0.3) is 0 Å². The summed E-state index contributed by atoms with van der Waals surface area (Å²) in [6, 6.07) is 4.96. The van der Waals surface area contributed by atoms with E-state index in [0.29, 0.717) is 24.6 Å². The molecule has 2 aliphatic rings. The smallest absolute Gasteiger partial charge is 0.410 e. The summed E-state index contributed by atoms with van der Waals surface area (Å²) in [7, 11) is 0. The molecule has 2 aliphatic heterocycles. The molecule has 0 saturated carbocycles. The summed E-state index contributed by atoms with van der Waals surface area (Å²) in [5, 5.41) is 2.85. The Labute approximate surface area is 134 Å². The van der Waals surface area contributed by atoms with Gasteiger partial charge in [0.1, 0.15) is 12.6 Å². The third kappa shape index (κ3) is 3.33. The molecular formula is C16H20N2O5. The average molecular weight is 320 g/mol. The van der Waals surface area contributed by atoms with Crippen molar-refractivity contribution in [3.63, 3.8) is 0 Å². The zero-order valence-electron chi connectivity index (χ0n) is 13.2. The standard InChI is InChI=1S/C16H20N2O5/c1-10(2)7-18-12(8-21-16(18)20)15(19)17-6-11-3-4-13-14(5-11)23-9-22-13/h3-5,10,12H,6-9H2,1-2H3,(H,17,19)/t12-/m0/s1. The Morgan fingerprint density at radius 1 is 1.30 bits per heavy atom. The number of benzene rings is 1. The van der Waals surface area contributed by atoms with Crippen LogP contribution in [0.25, 0.3) is 0 Å². The molecule has 1 atom stereocenters. The summed E-state index contributed by atoms with van der Waals surface area (Å²) >= 11 is 0. The fourth-order valence-electron chi connectivity index (χ4n) is 2.62. The first-order valence-corrected chi connectivity index (χ1v) is 7.64. The van der Waals surface area contributed by atoms with Gasteiger partial charge in [-0.15, -0.1) is 0 Å². The molecule has 2 amide bonds. The molecule has 1 saturated heterocycles. The molecule has 0 radical (unpaired) electrons. The van der Waals surface area contributed by atoms with E-state index in [1.165, 1.54) is 4.90 Å². The normalized spacial score (nSPS) is 19.2. The topological polar surface area (TPSA) is 77.1 Å². The Bertz CT molecular complexity index is 616. The van der Waals surface area contributed by atoms with Gasteiger partial charge in [-0.3, -0.25) is 9.69 Å². The van der Waals surface area contributed by atoms with Gasteiger partial charge in [0.2, 0.25) is 12.7 Å². The van der Waals surface area contributed by atoms with Crippen molar-refractivity contribution in [2.24, 2.45) is 5.92 Å². The molecule has 23 heavy (non-hydrogen) atoms. The van der Waals surface area contributed by atoms with Gasteiger partial charge >= 0.3 is 6.09 Å². The molecule has 0 aromatic heterocycles. The second-order valence-corrected chi connectivity index (χ2v) is 6.04. The highest BCUT2D eigenvalue weighted by atomic mass is 16.7. The molecule has 7 nitrogen and oxygen atoms in total. The van der Waals surface area contributed by atoms with Gasteiger partial charge in [-0.25, -0.2) is 4.79 Å². The number of cyclic esters (lactones) is 1. The predicted molar refractivity (Wildman–Crippen MR) is 81.1 cm³/mol. The van der Waals surface area contributed by atoms with E-state index in [0.717, 1.165) is 5.56 Å². The van der Waals surface area contributed by atoms with E-state index >= 15 is 0 Å². The van der Waals surface area contributed by atoms with Crippen LogP contribution >= 0.6 is 0 Å². The van der Waals surface area contributed by atoms with Crippen molar-refractivity contribution >= 4 is 12.0 Å². The molecule has 1 aromatic carbocycles. The summed E-state index contributed by atoms with van der Waals surface area (Å²) < 4.78 is 15.6. The predicted octanol–water partition coefficient (Wildman–Crippen LogP) is 1.51. The second kappa shape index (κ2) is 6.36. The monoisotopic (exact) mass is 320 g/mol. The second-order valence-electron chi connectivity index (χ2n) is 6.04. The van der Waals surface area contributed by atoms with Gasteiger partial charge in [-0.2, -0.15) is 0 Å². The van der Waals surface area contributed by atoms with Crippen molar-refractivity contribution in [2.75, 3.05) is 19.9 Å². The van der Waals surface area contributed by atoms with E-state index in [1.54, 1.807) is 0 Å². The number of carbonyl (C=O) groups is 2. The molecule has 2 heterocycles. The fraction of sp³-hybridized carbons (Fsp3) is 0.500. The average Bonchev–Trinajstić information content (AvgIpc) is 3.11. The van der Waals surface area contributed by atoms with E-state index in [2.05, 4.69) is 5.32 Å². The number of hydrogen-bond acceptors (Lipinski definition) is 5. The number of fused-ring (bicyclic) bond motifs is 1. The zero-order chi connectivity index (χ0) is 16.4. The Balaban J connectivity index is 1.59. The molecule has 7 heteroatoms. The van der Waals surface area contributed by atoms with Crippen LogP contribution in [0.1, 0.15) is 19.4 Å². The minimum absolute atomic E-state index is 0.0958. The number of hydrogen-bond donors (Lipinski definition) is 1. The van der Waals surface area contributed by atoms with Crippen molar-refractivity contribution in [2.45, 2.75) is 26.4 Å². The van der Waals surface area contributed by atoms with Crippen molar-refractivity contribution < 1.29 is 23.8 Å². The molecule has 1 aromatic rings. The van der Waals surface area contributed by atoms with Gasteiger partial charge in [0, 0.05) is 13.1 Å². The summed E-state index contributed by atoms with van der Waals surface area (Å²) in [6.07, 6.45) is -0.429. The Morgan fingerprint density at radius 3 is 2.87 bits per heavy atom. The van der Waals surface area contributed by atoms with Crippen molar-refractivity contribution in [1.29, 1.82) is 0 Å². The van der Waals surface area contributed by atoms with E-state index in [1.807, 2.05) is 32.0 Å². The van der Waals surface area contributed by atoms with Crippen LogP contribution in [0, 0.1) is 5.92 Å². The van der Waals surface area contributed by atoms with Crippen molar-refractivity contribution in [3.8, 4) is 11.5 Å². The third-order valence-corrected chi connectivity index (χ3v) is 3.74. The highest BCUT2D eigenvalue weighted by Gasteiger charge is 2.38. The van der Waals surface area contributed by atoms with E-state index in [9.17, 15) is 9.59 Å². The van der Waals surface area contributed by atoms with Crippen molar-refractivity contribution in [3.05, 3.63) is 23.8 Å². The Morgan fingerprint density at radius 2 is 2.09 bits per heavy atom. The van der Waals surface area contributed by atoms with E-state index < -0.39 is 12.1 Å². The largest absolute Gasteiger partial charge is 0.454 e. The Hall–Kier alpha value is -2.44. The summed E-state index contributed by atoms with van der Waals surface area (Å²) in [5.74, 6) is 1.44. The highest BCUT2D eigenvalue weighted by Crippen LogP contribution is 2.32. The zero-order valence-corrected chi connectivity index (χ0v) is 13.2. The van der Waals surface area contributed by atoms with Crippen LogP contribution in [0.2, 0.25) is 0 Å². The highest BCUT2D eigenvalue weighted by molar-refractivity contribution is 5.87. The molecule has 0 aliphatic carbocycles. The maximum Gasteiger partial charge on any atom is 0.410 e. The SMILES string of the molecule is CC(C)CN1C(=O)OC[C@H]1C(=O)NCc1ccc2c(c1)OCO2. The summed E-state index contributed by atoms with van der Waals surface area (Å²) in [6.45, 7) is 5.16. The van der Waals surface area contributed by atoms with Gasteiger partial charge < -0.3 is 19.5 Å². The number of nitrogens with one attached hydrogen (secondary N) is 1. The summed E-state index contributed by atoms with van der Waals surface area (Å²) in [5.41, 5.74) is 0.906. The van der Waals surface area contributed by atoms with Crippen LogP contribution in [0.5, 0.6) is 11.5 Å². The minimum atomic E-state index is -0.570. The van der Waals surface area contributed by atoms with Crippen LogP contribution < -0.4 is 14.8 Å². The van der Waals surface area contributed by atoms with E-state index in [-0.39, 0.29) is 25.2 Å². The quantitative estimate of drug-likeness (QED) is 0.890. The van der Waals surface area contributed by atoms with Gasteiger partial charge in [0.05, 0.1) is 0 Å². The van der Waals surface area contributed by atoms with Crippen LogP contribution in [0.3, 0.4) is 0 Å². The Kier molecular flexibility index (Phi) is 4.27. The van der Waals surface area contributed by atoms with Gasteiger partial charge in [0.15, 0.2) is 11.5 Å². The number of rotatable bonds is 5. The van der Waals surface area contributed by atoms with E-state index in [4.69, 9.17) is 14.2 Å². The number of amides is 2. The third-order valence-electron chi connectivity index (χ3n) is 3.74. The molecule has 0 unspecified atom stereocenters. The number of nitrogens with zero attached hydrogens (tertiary/aromatic N) is 1. The number of carbonyl (C=O) groups excluding carboxylic acids is 2. The van der Waals surface area contributed by atoms with Crippen LogP contribution in [-0.4, -0.2) is 42.9 Å². The lowest BCUT2D eigenvalue weighted by Crippen LogP contribution is -2.46. The molecule has 3 rings (SSSR count).